The fourth-order valence-corrected chi connectivity index (χ4v) is 7.87. The van der Waals surface area contributed by atoms with E-state index in [-0.39, 0.29) is 18.5 Å². The monoisotopic (exact) mass is 691 g/mol. The molecule has 2 aromatic heterocycles. The largest absolute Gasteiger partial charge is 0.454 e. The number of aryl methyl sites for hydroxylation is 1. The molecular formula is C38H33N3O4S3. The molecule has 0 atom stereocenters. The highest BCUT2D eigenvalue weighted by Gasteiger charge is 2.19. The number of rotatable bonds is 13. The number of benzene rings is 4. The first-order valence-electron chi connectivity index (χ1n) is 15.5. The van der Waals surface area contributed by atoms with E-state index in [2.05, 4.69) is 58.2 Å². The highest BCUT2D eigenvalue weighted by Crippen LogP contribution is 2.33. The van der Waals surface area contributed by atoms with Gasteiger partial charge in [-0.1, -0.05) is 42.5 Å². The molecule has 1 aliphatic heterocycles. The fourth-order valence-electron chi connectivity index (χ4n) is 5.66. The van der Waals surface area contributed by atoms with Crippen molar-refractivity contribution in [2.45, 2.75) is 22.9 Å². The van der Waals surface area contributed by atoms with Gasteiger partial charge >= 0.3 is 0 Å². The van der Waals surface area contributed by atoms with Gasteiger partial charge in [-0.3, -0.25) is 19.2 Å². The maximum atomic E-state index is 13.2. The predicted octanol–water partition coefficient (Wildman–Crippen LogP) is 8.43. The average Bonchev–Trinajstić information content (AvgIpc) is 3.89. The number of nitrogens with zero attached hydrogens (tertiary/aromatic N) is 2. The van der Waals surface area contributed by atoms with Crippen LogP contribution < -0.4 is 14.2 Å². The van der Waals surface area contributed by atoms with Gasteiger partial charge in [0.05, 0.1) is 4.88 Å². The van der Waals surface area contributed by atoms with E-state index in [9.17, 15) is 9.59 Å². The number of ketones is 1. The molecule has 6 aromatic rings. The first-order valence-corrected chi connectivity index (χ1v) is 18.2. The number of thiophene rings is 1. The number of hydrogen-bond donors (Lipinski definition) is 1. The number of nitrogens with one attached hydrogen (secondary N) is 1. The summed E-state index contributed by atoms with van der Waals surface area (Å²) in [5.74, 6) is 2.31. The molecule has 0 aliphatic carbocycles. The summed E-state index contributed by atoms with van der Waals surface area (Å²) < 4.78 is 16.0. The highest BCUT2D eigenvalue weighted by atomic mass is 32.2. The molecular weight excluding hydrogens is 659 g/mol. The Kier molecular flexibility index (Phi) is 9.85. The summed E-state index contributed by atoms with van der Waals surface area (Å²) in [4.78, 5) is 31.6. The molecule has 7 rings (SSSR count). The van der Waals surface area contributed by atoms with Crippen molar-refractivity contribution in [2.24, 2.45) is 7.05 Å². The van der Waals surface area contributed by atoms with Gasteiger partial charge in [0.2, 0.25) is 12.6 Å². The van der Waals surface area contributed by atoms with E-state index in [4.69, 9.17) is 9.47 Å². The number of fused-ring (bicyclic) bond motifs is 2. The van der Waals surface area contributed by atoms with Gasteiger partial charge in [0.15, 0.2) is 11.5 Å². The molecule has 10 heteroatoms. The summed E-state index contributed by atoms with van der Waals surface area (Å²) in [5.41, 5.74) is 4.37. The molecule has 1 aliphatic rings. The van der Waals surface area contributed by atoms with Crippen LogP contribution in [0.1, 0.15) is 36.7 Å². The van der Waals surface area contributed by atoms with Gasteiger partial charge in [-0.05, 0) is 89.1 Å². The third-order valence-electron chi connectivity index (χ3n) is 8.09. The minimum Gasteiger partial charge on any atom is -0.454 e. The van der Waals surface area contributed by atoms with Gasteiger partial charge < -0.3 is 14.0 Å². The van der Waals surface area contributed by atoms with E-state index >= 15 is 0 Å². The lowest BCUT2D eigenvalue weighted by Crippen LogP contribution is -2.25. The predicted molar refractivity (Wildman–Crippen MR) is 194 cm³/mol. The van der Waals surface area contributed by atoms with Crippen molar-refractivity contribution in [2.75, 3.05) is 19.1 Å². The molecule has 1 N–H and O–H groups in total. The Hall–Kier alpha value is -4.48. The normalized spacial score (nSPS) is 12.1. The van der Waals surface area contributed by atoms with E-state index in [0.717, 1.165) is 52.7 Å². The molecule has 0 spiro atoms. The average molecular weight is 692 g/mol. The van der Waals surface area contributed by atoms with Crippen LogP contribution in [-0.4, -0.2) is 40.2 Å². The Morgan fingerprint density at radius 2 is 1.65 bits per heavy atom. The Morgan fingerprint density at radius 1 is 0.854 bits per heavy atom. The van der Waals surface area contributed by atoms with Crippen LogP contribution in [0.25, 0.3) is 10.9 Å². The third kappa shape index (κ3) is 7.47. The maximum Gasteiger partial charge on any atom is 0.261 e. The zero-order valence-corrected chi connectivity index (χ0v) is 28.7. The molecule has 0 bridgehead atoms. The second-order valence-corrected chi connectivity index (χ2v) is 14.4. The Labute approximate surface area is 292 Å². The molecule has 0 fully saturated rings. The summed E-state index contributed by atoms with van der Waals surface area (Å²) in [6, 6.07) is 34.1. The number of carbonyl (C=O) groups is 2. The number of carbonyl (C=O) groups excluding carboxylic acids is 2. The molecule has 0 unspecified atom stereocenters. The summed E-state index contributed by atoms with van der Waals surface area (Å²) in [5, 5.41) is 2.66. The minimum absolute atomic E-state index is 0.0352. The molecule has 7 nitrogen and oxygen atoms in total. The van der Waals surface area contributed by atoms with Crippen molar-refractivity contribution >= 4 is 57.6 Å². The lowest BCUT2D eigenvalue weighted by molar-refractivity contribution is 0.0983. The van der Waals surface area contributed by atoms with Crippen molar-refractivity contribution in [1.82, 2.24) is 14.2 Å². The second kappa shape index (κ2) is 14.7. The van der Waals surface area contributed by atoms with Crippen molar-refractivity contribution < 1.29 is 19.1 Å². The van der Waals surface area contributed by atoms with Gasteiger partial charge in [-0.15, -0.1) is 23.1 Å². The van der Waals surface area contributed by atoms with Crippen LogP contribution in [0.3, 0.4) is 0 Å². The van der Waals surface area contributed by atoms with E-state index in [1.165, 1.54) is 39.3 Å². The highest BCUT2D eigenvalue weighted by molar-refractivity contribution is 7.99. The molecule has 242 valence electrons. The number of hydrogen-bond acceptors (Lipinski definition) is 8. The first kappa shape index (κ1) is 32.1. The topological polar surface area (TPSA) is 72.8 Å². The van der Waals surface area contributed by atoms with Crippen LogP contribution in [0.4, 0.5) is 0 Å². The van der Waals surface area contributed by atoms with E-state index in [1.54, 1.807) is 12.1 Å². The molecule has 0 saturated carbocycles. The van der Waals surface area contributed by atoms with Crippen molar-refractivity contribution in [3.8, 4) is 11.5 Å². The van der Waals surface area contributed by atoms with Gasteiger partial charge in [0.1, 0.15) is 0 Å². The summed E-state index contributed by atoms with van der Waals surface area (Å²) in [6.07, 6.45) is 1.84. The number of thioether (sulfide) groups is 1. The Bertz CT molecular complexity index is 2040. The SMILES string of the molecule is Cn1cc(C(=O)c2cccs2)c2cc(C(=O)NSc3ccc(CN(CCSc4ccccc4)Cc4ccc5c(c4)OCO5)cc3)ccc21. The van der Waals surface area contributed by atoms with Crippen LogP contribution in [0.15, 0.2) is 124 Å². The molecule has 3 heterocycles. The zero-order valence-electron chi connectivity index (χ0n) is 26.3. The smallest absolute Gasteiger partial charge is 0.261 e. The molecule has 1 amide bonds. The van der Waals surface area contributed by atoms with Gasteiger partial charge in [0.25, 0.3) is 5.91 Å². The minimum atomic E-state index is -0.213. The van der Waals surface area contributed by atoms with Crippen molar-refractivity contribution in [1.29, 1.82) is 0 Å². The summed E-state index contributed by atoms with van der Waals surface area (Å²) >= 11 is 4.55. The van der Waals surface area contributed by atoms with Crippen LogP contribution in [0.5, 0.6) is 11.5 Å². The Morgan fingerprint density at radius 3 is 2.46 bits per heavy atom. The van der Waals surface area contributed by atoms with Crippen molar-refractivity contribution in [3.05, 3.63) is 142 Å². The summed E-state index contributed by atoms with van der Waals surface area (Å²) in [7, 11) is 1.91. The van der Waals surface area contributed by atoms with Crippen molar-refractivity contribution in [3.63, 3.8) is 0 Å². The van der Waals surface area contributed by atoms with E-state index in [1.807, 2.05) is 77.4 Å². The lowest BCUT2D eigenvalue weighted by atomic mass is 10.1. The van der Waals surface area contributed by atoms with Gasteiger partial charge in [-0.25, -0.2) is 0 Å². The van der Waals surface area contributed by atoms with E-state index in [0.29, 0.717) is 16.0 Å². The van der Waals surface area contributed by atoms with Crippen LogP contribution >= 0.6 is 35.0 Å². The van der Waals surface area contributed by atoms with Crippen LogP contribution in [0.2, 0.25) is 0 Å². The second-order valence-electron chi connectivity index (χ2n) is 11.4. The number of amides is 1. The van der Waals surface area contributed by atoms with Gasteiger partial charge in [0, 0.05) is 70.5 Å². The van der Waals surface area contributed by atoms with Crippen LogP contribution in [0, 0.1) is 0 Å². The number of ether oxygens (including phenoxy) is 2. The number of aromatic nitrogens is 1. The third-order valence-corrected chi connectivity index (χ3v) is 10.8. The standard InChI is InChI=1S/C38H33N3O4S3/c1-40-24-32(37(42)36-8-5-18-47-36)31-21-28(12-15-33(31)40)38(43)39-48-30-13-9-26(10-14-30)22-41(17-19-46-29-6-3-2-4-7-29)23-27-11-16-34-35(20-27)45-25-44-34/h2-16,18,20-21,24H,17,19,22-23,25H2,1H3,(H,39,43). The lowest BCUT2D eigenvalue weighted by Gasteiger charge is -2.23. The molecule has 0 radical (unpaired) electrons. The quantitative estimate of drug-likeness (QED) is 0.0741. The molecule has 48 heavy (non-hydrogen) atoms. The molecule has 0 saturated heterocycles. The Balaban J connectivity index is 0.993. The fraction of sp³-hybridized carbons (Fsp3) is 0.158. The van der Waals surface area contributed by atoms with E-state index < -0.39 is 0 Å². The first-order chi connectivity index (χ1) is 23.5. The molecule has 4 aromatic carbocycles. The van der Waals surface area contributed by atoms with Gasteiger partial charge in [-0.2, -0.15) is 0 Å². The summed E-state index contributed by atoms with van der Waals surface area (Å²) in [6.45, 7) is 2.74. The maximum absolute atomic E-state index is 13.2. The van der Waals surface area contributed by atoms with Crippen LogP contribution in [-0.2, 0) is 20.1 Å². The zero-order chi connectivity index (χ0) is 32.9.